The Balaban J connectivity index is 2.79. The van der Waals surface area contributed by atoms with E-state index in [2.05, 4.69) is 37.2 Å². The van der Waals surface area contributed by atoms with Crippen LogP contribution in [0.25, 0.3) is 0 Å². The van der Waals surface area contributed by atoms with Gasteiger partial charge in [0.25, 0.3) is 5.91 Å². The van der Waals surface area contributed by atoms with Crippen molar-refractivity contribution in [2.24, 2.45) is 0 Å². The fraction of sp³-hybridized carbons (Fsp3) is 0.333. The zero-order valence-corrected chi connectivity index (χ0v) is 12.8. The molecule has 0 radical (unpaired) electrons. The van der Waals surface area contributed by atoms with Gasteiger partial charge in [0, 0.05) is 20.9 Å². The molecule has 1 N–H and O–H groups in total. The van der Waals surface area contributed by atoms with Crippen LogP contribution in [0.3, 0.4) is 0 Å². The van der Waals surface area contributed by atoms with Crippen molar-refractivity contribution in [3.05, 3.63) is 32.7 Å². The van der Waals surface area contributed by atoms with Crippen LogP contribution < -0.4 is 5.32 Å². The van der Waals surface area contributed by atoms with Crippen LogP contribution in [0.5, 0.6) is 0 Å². The lowest BCUT2D eigenvalue weighted by atomic mass is 10.1. The second-order valence-corrected chi connectivity index (χ2v) is 5.50. The van der Waals surface area contributed by atoms with Gasteiger partial charge in [-0.05, 0) is 25.1 Å². The van der Waals surface area contributed by atoms with E-state index in [4.69, 9.17) is 0 Å². The van der Waals surface area contributed by atoms with E-state index >= 15 is 0 Å². The summed E-state index contributed by atoms with van der Waals surface area (Å²) in [4.78, 5) is 23.3. The quantitative estimate of drug-likeness (QED) is 0.893. The van der Waals surface area contributed by atoms with Crippen molar-refractivity contribution in [3.63, 3.8) is 0 Å². The Hall–Kier alpha value is -0.680. The number of halogens is 2. The van der Waals surface area contributed by atoms with Crippen LogP contribution in [-0.4, -0.2) is 17.7 Å². The van der Waals surface area contributed by atoms with Gasteiger partial charge in [-0.15, -0.1) is 0 Å². The maximum atomic E-state index is 11.9. The number of benzene rings is 1. The maximum absolute atomic E-state index is 11.9. The van der Waals surface area contributed by atoms with Gasteiger partial charge in [-0.3, -0.25) is 9.59 Å². The zero-order chi connectivity index (χ0) is 13.0. The molecule has 0 bridgehead atoms. The lowest BCUT2D eigenvalue weighted by molar-refractivity contribution is -0.120. The predicted octanol–water partition coefficient (Wildman–Crippen LogP) is 3.31. The van der Waals surface area contributed by atoms with Gasteiger partial charge in [-0.2, -0.15) is 0 Å². The van der Waals surface area contributed by atoms with Gasteiger partial charge in [0.05, 0.1) is 6.04 Å². The number of carbonyl (C=O) groups excluding carboxylic acids is 2. The van der Waals surface area contributed by atoms with Gasteiger partial charge in [-0.25, -0.2) is 0 Å². The summed E-state index contributed by atoms with van der Waals surface area (Å²) in [6.45, 7) is 3.47. The third-order valence-electron chi connectivity index (χ3n) is 2.30. The van der Waals surface area contributed by atoms with E-state index < -0.39 is 6.04 Å². The van der Waals surface area contributed by atoms with Gasteiger partial charge >= 0.3 is 0 Å². The van der Waals surface area contributed by atoms with Crippen LogP contribution in [-0.2, 0) is 4.79 Å². The highest BCUT2D eigenvalue weighted by molar-refractivity contribution is 9.11. The SMILES string of the molecule is CCC(=O)C(C)NC(=O)c1cc(Br)cc(Br)c1. The molecule has 0 fully saturated rings. The van der Waals surface area contributed by atoms with E-state index in [9.17, 15) is 9.59 Å². The van der Waals surface area contributed by atoms with Crippen molar-refractivity contribution >= 4 is 43.6 Å². The summed E-state index contributed by atoms with van der Waals surface area (Å²) >= 11 is 6.63. The van der Waals surface area contributed by atoms with Crippen molar-refractivity contribution in [1.82, 2.24) is 5.32 Å². The molecule has 0 saturated heterocycles. The average molecular weight is 363 g/mol. The number of amides is 1. The van der Waals surface area contributed by atoms with Crippen LogP contribution in [0.1, 0.15) is 30.6 Å². The fourth-order valence-electron chi connectivity index (χ4n) is 1.35. The molecule has 0 saturated carbocycles. The van der Waals surface area contributed by atoms with Gasteiger partial charge < -0.3 is 5.32 Å². The predicted molar refractivity (Wildman–Crippen MR) is 74.1 cm³/mol. The third-order valence-corrected chi connectivity index (χ3v) is 3.22. The van der Waals surface area contributed by atoms with E-state index in [0.29, 0.717) is 12.0 Å². The first-order valence-corrected chi connectivity index (χ1v) is 6.82. The highest BCUT2D eigenvalue weighted by atomic mass is 79.9. The molecule has 92 valence electrons. The van der Waals surface area contributed by atoms with Gasteiger partial charge in [0.15, 0.2) is 5.78 Å². The van der Waals surface area contributed by atoms with Crippen LogP contribution in [0, 0.1) is 0 Å². The molecular formula is C12H13Br2NO2. The Morgan fingerprint density at radius 3 is 2.24 bits per heavy atom. The standard InChI is InChI=1S/C12H13Br2NO2/c1-3-11(16)7(2)15-12(17)8-4-9(13)6-10(14)5-8/h4-7H,3H2,1-2H3,(H,15,17). The minimum atomic E-state index is -0.453. The summed E-state index contributed by atoms with van der Waals surface area (Å²) in [5, 5.41) is 2.67. The van der Waals surface area contributed by atoms with Crippen LogP contribution in [0.2, 0.25) is 0 Å². The molecule has 5 heteroatoms. The van der Waals surface area contributed by atoms with Crippen molar-refractivity contribution in [2.45, 2.75) is 26.3 Å². The number of rotatable bonds is 4. The van der Waals surface area contributed by atoms with Gasteiger partial charge in [0.1, 0.15) is 0 Å². The monoisotopic (exact) mass is 361 g/mol. The number of carbonyl (C=O) groups is 2. The van der Waals surface area contributed by atoms with E-state index in [1.54, 1.807) is 26.0 Å². The molecule has 1 aromatic carbocycles. The second kappa shape index (κ2) is 6.31. The molecule has 0 heterocycles. The number of Topliss-reactive ketones (excluding diaryl/α,β-unsaturated/α-hetero) is 1. The molecular weight excluding hydrogens is 350 g/mol. The fourth-order valence-corrected chi connectivity index (χ4v) is 2.65. The van der Waals surface area contributed by atoms with Crippen LogP contribution in [0.4, 0.5) is 0 Å². The Morgan fingerprint density at radius 2 is 1.76 bits per heavy atom. The largest absolute Gasteiger partial charge is 0.343 e. The van der Waals surface area contributed by atoms with E-state index in [-0.39, 0.29) is 11.7 Å². The highest BCUT2D eigenvalue weighted by Crippen LogP contribution is 2.20. The van der Waals surface area contributed by atoms with Gasteiger partial charge in [0.2, 0.25) is 0 Å². The first kappa shape index (κ1) is 14.4. The molecule has 3 nitrogen and oxygen atoms in total. The van der Waals surface area contributed by atoms with Crippen LogP contribution in [0.15, 0.2) is 27.1 Å². The maximum Gasteiger partial charge on any atom is 0.251 e. The topological polar surface area (TPSA) is 46.2 Å². The lowest BCUT2D eigenvalue weighted by Crippen LogP contribution is -2.38. The summed E-state index contributed by atoms with van der Waals surface area (Å²) in [6, 6.07) is 4.81. The van der Waals surface area contributed by atoms with E-state index in [0.717, 1.165) is 8.95 Å². The number of nitrogens with one attached hydrogen (secondary N) is 1. The highest BCUT2D eigenvalue weighted by Gasteiger charge is 2.15. The summed E-state index contributed by atoms with van der Waals surface area (Å²) in [7, 11) is 0. The molecule has 0 aliphatic heterocycles. The van der Waals surface area contributed by atoms with Crippen molar-refractivity contribution in [3.8, 4) is 0 Å². The summed E-state index contributed by atoms with van der Waals surface area (Å²) in [5.41, 5.74) is 0.516. The van der Waals surface area contributed by atoms with E-state index in [1.165, 1.54) is 0 Å². The van der Waals surface area contributed by atoms with Crippen LogP contribution >= 0.6 is 31.9 Å². The molecule has 0 aromatic heterocycles. The Bertz CT molecular complexity index is 426. The van der Waals surface area contributed by atoms with Crippen molar-refractivity contribution in [2.75, 3.05) is 0 Å². The first-order valence-electron chi connectivity index (χ1n) is 5.23. The molecule has 1 atom stereocenters. The number of hydrogen-bond donors (Lipinski definition) is 1. The Labute approximate surface area is 117 Å². The summed E-state index contributed by atoms with van der Waals surface area (Å²) in [5.74, 6) is -0.228. The molecule has 0 spiro atoms. The minimum Gasteiger partial charge on any atom is -0.343 e. The lowest BCUT2D eigenvalue weighted by Gasteiger charge is -2.12. The average Bonchev–Trinajstić information content (AvgIpc) is 2.26. The summed E-state index contributed by atoms with van der Waals surface area (Å²) in [6.07, 6.45) is 0.420. The smallest absolute Gasteiger partial charge is 0.251 e. The molecule has 0 aliphatic carbocycles. The Morgan fingerprint density at radius 1 is 1.24 bits per heavy atom. The van der Waals surface area contributed by atoms with E-state index in [1.807, 2.05) is 6.07 Å². The molecule has 1 aromatic rings. The number of ketones is 1. The summed E-state index contributed by atoms with van der Waals surface area (Å²) < 4.78 is 1.62. The molecule has 1 rings (SSSR count). The molecule has 17 heavy (non-hydrogen) atoms. The third kappa shape index (κ3) is 4.24. The van der Waals surface area contributed by atoms with Crippen molar-refractivity contribution < 1.29 is 9.59 Å². The zero-order valence-electron chi connectivity index (χ0n) is 9.59. The molecule has 1 amide bonds. The molecule has 1 unspecified atom stereocenters. The first-order chi connectivity index (χ1) is 7.93. The van der Waals surface area contributed by atoms with Gasteiger partial charge in [-0.1, -0.05) is 38.8 Å². The molecule has 0 aliphatic rings. The number of hydrogen-bond acceptors (Lipinski definition) is 2. The normalized spacial score (nSPS) is 12.0. The minimum absolute atomic E-state index is 0.0208. The van der Waals surface area contributed by atoms with Crippen molar-refractivity contribution in [1.29, 1.82) is 0 Å². The Kier molecular flexibility index (Phi) is 5.33. The second-order valence-electron chi connectivity index (χ2n) is 3.67.